The van der Waals surface area contributed by atoms with Crippen LogP contribution in [-0.2, 0) is 0 Å². The van der Waals surface area contributed by atoms with E-state index in [1.165, 1.54) is 89.9 Å². The highest BCUT2D eigenvalue weighted by Gasteiger charge is 2.22. The summed E-state index contributed by atoms with van der Waals surface area (Å²) in [5, 5.41) is 0. The molecule has 0 aromatic heterocycles. The van der Waals surface area contributed by atoms with E-state index in [1.54, 1.807) is 0 Å². The first-order valence-electron chi connectivity index (χ1n) is 10.9. The smallest absolute Gasteiger partial charge is 0.103 e. The van der Waals surface area contributed by atoms with Crippen molar-refractivity contribution in [1.82, 2.24) is 4.90 Å². The molecular formula is C22H43N3. The van der Waals surface area contributed by atoms with E-state index in [-0.39, 0.29) is 6.17 Å². The summed E-state index contributed by atoms with van der Waals surface area (Å²) in [6.45, 7) is 5.26. The molecule has 3 nitrogen and oxygen atoms in total. The number of hydrogen-bond donors (Lipinski definition) is 1. The maximum atomic E-state index is 5.98. The lowest BCUT2D eigenvalue weighted by molar-refractivity contribution is 0.182. The van der Waals surface area contributed by atoms with Gasteiger partial charge in [-0.2, -0.15) is 0 Å². The molecule has 0 aromatic carbocycles. The van der Waals surface area contributed by atoms with E-state index >= 15 is 0 Å². The van der Waals surface area contributed by atoms with Gasteiger partial charge in [-0.1, -0.05) is 70.4 Å². The molecule has 0 aromatic rings. The Labute approximate surface area is 157 Å². The maximum absolute atomic E-state index is 5.98. The Kier molecular flexibility index (Phi) is 13.9. The summed E-state index contributed by atoms with van der Waals surface area (Å²) in [4.78, 5) is 6.84. The molecule has 0 fully saturated rings. The van der Waals surface area contributed by atoms with Crippen molar-refractivity contribution in [3.8, 4) is 0 Å². The van der Waals surface area contributed by atoms with Gasteiger partial charge in [-0.15, -0.1) is 0 Å². The molecule has 3 heteroatoms. The molecule has 0 amide bonds. The summed E-state index contributed by atoms with van der Waals surface area (Å²) >= 11 is 0. The van der Waals surface area contributed by atoms with Crippen LogP contribution in [0.25, 0.3) is 0 Å². The summed E-state index contributed by atoms with van der Waals surface area (Å²) in [6, 6.07) is 0. The molecule has 0 spiro atoms. The molecule has 2 atom stereocenters. The highest BCUT2D eigenvalue weighted by molar-refractivity contribution is 5.62. The number of rotatable bonds is 16. The number of allylic oxidation sites excluding steroid dienone is 2. The van der Waals surface area contributed by atoms with E-state index in [4.69, 9.17) is 5.73 Å². The molecule has 0 saturated carbocycles. The highest BCUT2D eigenvalue weighted by atomic mass is 15.3. The molecule has 2 unspecified atom stereocenters. The topological polar surface area (TPSA) is 41.6 Å². The van der Waals surface area contributed by atoms with Crippen molar-refractivity contribution in [2.24, 2.45) is 10.7 Å². The third kappa shape index (κ3) is 11.5. The van der Waals surface area contributed by atoms with Crippen molar-refractivity contribution >= 4 is 6.21 Å². The minimum Gasteiger partial charge on any atom is -0.316 e. The normalized spacial score (nSPS) is 19.2. The van der Waals surface area contributed by atoms with E-state index in [2.05, 4.69) is 35.9 Å². The third-order valence-corrected chi connectivity index (χ3v) is 5.20. The van der Waals surface area contributed by atoms with E-state index in [0.29, 0.717) is 6.17 Å². The number of hydrogen-bond acceptors (Lipinski definition) is 3. The zero-order valence-corrected chi connectivity index (χ0v) is 17.0. The Morgan fingerprint density at radius 2 is 1.52 bits per heavy atom. The lowest BCUT2D eigenvalue weighted by Crippen LogP contribution is -2.43. The fraction of sp³-hybridized carbons (Fsp3) is 0.864. The van der Waals surface area contributed by atoms with E-state index in [9.17, 15) is 0 Å². The SMILES string of the molecule is CCCCCCC/C=C/CCCCCCCCC1N=CCN1C(C)N. The first-order valence-corrected chi connectivity index (χ1v) is 10.9. The second-order valence-corrected chi connectivity index (χ2v) is 7.62. The largest absolute Gasteiger partial charge is 0.316 e. The zero-order chi connectivity index (χ0) is 18.2. The summed E-state index contributed by atoms with van der Waals surface area (Å²) in [5.74, 6) is 0. The van der Waals surface area contributed by atoms with Gasteiger partial charge < -0.3 is 5.73 Å². The van der Waals surface area contributed by atoms with Crippen LogP contribution in [0.15, 0.2) is 17.1 Å². The van der Waals surface area contributed by atoms with Gasteiger partial charge in [0.1, 0.15) is 6.17 Å². The molecule has 1 rings (SSSR count). The molecule has 2 N–H and O–H groups in total. The molecule has 25 heavy (non-hydrogen) atoms. The van der Waals surface area contributed by atoms with Crippen molar-refractivity contribution in [3.05, 3.63) is 12.2 Å². The van der Waals surface area contributed by atoms with Gasteiger partial charge in [0.25, 0.3) is 0 Å². The van der Waals surface area contributed by atoms with Crippen molar-refractivity contribution in [1.29, 1.82) is 0 Å². The van der Waals surface area contributed by atoms with Gasteiger partial charge in [-0.05, 0) is 45.4 Å². The third-order valence-electron chi connectivity index (χ3n) is 5.20. The van der Waals surface area contributed by atoms with Gasteiger partial charge in [-0.25, -0.2) is 0 Å². The zero-order valence-electron chi connectivity index (χ0n) is 17.0. The van der Waals surface area contributed by atoms with Crippen LogP contribution in [0.2, 0.25) is 0 Å². The summed E-state index contributed by atoms with van der Waals surface area (Å²) in [7, 11) is 0. The second kappa shape index (κ2) is 15.6. The standard InChI is InChI=1S/C22H43N3/c1-3-4-5-6-7-8-9-10-11-12-13-14-15-16-17-18-22-24-19-20-25(22)21(2)23/h9-10,19,21-22H,3-8,11-18,20,23H2,1-2H3/b10-9+. The molecule has 1 heterocycles. The van der Waals surface area contributed by atoms with E-state index in [0.717, 1.165) is 6.54 Å². The quantitative estimate of drug-likeness (QED) is 0.272. The molecule has 146 valence electrons. The summed E-state index contributed by atoms with van der Waals surface area (Å²) < 4.78 is 0. The van der Waals surface area contributed by atoms with Crippen LogP contribution >= 0.6 is 0 Å². The molecule has 0 radical (unpaired) electrons. The van der Waals surface area contributed by atoms with Crippen LogP contribution in [0, 0.1) is 0 Å². The van der Waals surface area contributed by atoms with Crippen LogP contribution in [0.5, 0.6) is 0 Å². The highest BCUT2D eigenvalue weighted by Crippen LogP contribution is 2.17. The number of aliphatic imine (C=N–C) groups is 1. The fourth-order valence-corrected chi connectivity index (χ4v) is 3.55. The monoisotopic (exact) mass is 349 g/mol. The summed E-state index contributed by atoms with van der Waals surface area (Å²) in [6.07, 6.45) is 26.1. The number of nitrogens with zero attached hydrogens (tertiary/aromatic N) is 2. The van der Waals surface area contributed by atoms with Gasteiger partial charge in [0, 0.05) is 12.8 Å². The van der Waals surface area contributed by atoms with E-state index in [1.807, 2.05) is 6.21 Å². The molecule has 0 bridgehead atoms. The van der Waals surface area contributed by atoms with Gasteiger partial charge in [0.15, 0.2) is 0 Å². The van der Waals surface area contributed by atoms with Gasteiger partial charge in [-0.3, -0.25) is 9.89 Å². The number of unbranched alkanes of at least 4 members (excludes halogenated alkanes) is 11. The minimum absolute atomic E-state index is 0.122. The van der Waals surface area contributed by atoms with Crippen LogP contribution < -0.4 is 5.73 Å². The molecular weight excluding hydrogens is 306 g/mol. The first-order chi connectivity index (χ1) is 12.3. The van der Waals surface area contributed by atoms with Gasteiger partial charge >= 0.3 is 0 Å². The van der Waals surface area contributed by atoms with Gasteiger partial charge in [0.05, 0.1) is 6.17 Å². The van der Waals surface area contributed by atoms with Crippen molar-refractivity contribution in [2.45, 2.75) is 116 Å². The van der Waals surface area contributed by atoms with Crippen molar-refractivity contribution in [3.63, 3.8) is 0 Å². The maximum Gasteiger partial charge on any atom is 0.103 e. The van der Waals surface area contributed by atoms with Crippen LogP contribution in [0.1, 0.15) is 104 Å². The Morgan fingerprint density at radius 1 is 0.960 bits per heavy atom. The van der Waals surface area contributed by atoms with Crippen LogP contribution in [-0.4, -0.2) is 30.0 Å². The Morgan fingerprint density at radius 3 is 2.12 bits per heavy atom. The average molecular weight is 350 g/mol. The Hall–Kier alpha value is -0.670. The van der Waals surface area contributed by atoms with Gasteiger partial charge in [0.2, 0.25) is 0 Å². The molecule has 0 saturated heterocycles. The molecule has 1 aliphatic heterocycles. The van der Waals surface area contributed by atoms with Crippen LogP contribution in [0.4, 0.5) is 0 Å². The Balaban J connectivity index is 1.82. The van der Waals surface area contributed by atoms with E-state index < -0.39 is 0 Å². The van der Waals surface area contributed by atoms with Crippen molar-refractivity contribution < 1.29 is 0 Å². The number of nitrogens with two attached hydrogens (primary N) is 1. The molecule has 1 aliphatic rings. The second-order valence-electron chi connectivity index (χ2n) is 7.62. The fourth-order valence-electron chi connectivity index (χ4n) is 3.55. The van der Waals surface area contributed by atoms with Crippen LogP contribution in [0.3, 0.4) is 0 Å². The lowest BCUT2D eigenvalue weighted by Gasteiger charge is -2.26. The Bertz CT molecular complexity index is 349. The summed E-state index contributed by atoms with van der Waals surface area (Å²) in [5.41, 5.74) is 5.98. The predicted octanol–water partition coefficient (Wildman–Crippen LogP) is 6.04. The molecule has 0 aliphatic carbocycles. The average Bonchev–Trinajstić information content (AvgIpc) is 3.07. The predicted molar refractivity (Wildman–Crippen MR) is 112 cm³/mol. The lowest BCUT2D eigenvalue weighted by atomic mass is 10.1. The van der Waals surface area contributed by atoms with Crippen molar-refractivity contribution in [2.75, 3.05) is 6.54 Å². The first kappa shape index (κ1) is 22.4. The minimum atomic E-state index is 0.122.